The van der Waals surface area contributed by atoms with Crippen molar-refractivity contribution in [3.05, 3.63) is 35.9 Å². The minimum Gasteiger partial charge on any atom is -0.377 e. The van der Waals surface area contributed by atoms with Crippen LogP contribution in [0.3, 0.4) is 0 Å². The molecular weight excluding hydrogens is 248 g/mol. The van der Waals surface area contributed by atoms with Gasteiger partial charge in [0, 0.05) is 32.3 Å². The van der Waals surface area contributed by atoms with E-state index in [9.17, 15) is 0 Å². The molecule has 1 N–H and O–H groups in total. The molecule has 2 aliphatic rings. The summed E-state index contributed by atoms with van der Waals surface area (Å²) in [6.07, 6.45) is 2.86. The van der Waals surface area contributed by atoms with Gasteiger partial charge in [-0.15, -0.1) is 0 Å². The molecule has 0 spiro atoms. The average molecular weight is 274 g/mol. The summed E-state index contributed by atoms with van der Waals surface area (Å²) in [5, 5.41) is 3.70. The summed E-state index contributed by atoms with van der Waals surface area (Å²) in [4.78, 5) is 2.60. The van der Waals surface area contributed by atoms with Crippen LogP contribution in [0.4, 0.5) is 0 Å². The standard InChI is InChI=1S/C17H26N2O/c1-14(16-9-6-12-20-16)19-11-10-18-17(2,13-19)15-7-4-3-5-8-15/h3-5,7-8,14,16,18H,6,9-13H2,1-2H3. The van der Waals surface area contributed by atoms with E-state index in [0.717, 1.165) is 26.2 Å². The second kappa shape index (κ2) is 5.84. The van der Waals surface area contributed by atoms with Crippen molar-refractivity contribution >= 4 is 0 Å². The van der Waals surface area contributed by atoms with E-state index in [-0.39, 0.29) is 5.54 Å². The number of ether oxygens (including phenoxy) is 1. The molecule has 0 bridgehead atoms. The van der Waals surface area contributed by atoms with Gasteiger partial charge in [-0.3, -0.25) is 4.90 Å². The maximum absolute atomic E-state index is 5.88. The third-order valence-electron chi connectivity index (χ3n) is 4.92. The maximum Gasteiger partial charge on any atom is 0.0728 e. The van der Waals surface area contributed by atoms with E-state index in [2.05, 4.69) is 54.4 Å². The third-order valence-corrected chi connectivity index (χ3v) is 4.92. The Hall–Kier alpha value is -0.900. The van der Waals surface area contributed by atoms with Crippen LogP contribution in [-0.4, -0.2) is 43.3 Å². The summed E-state index contributed by atoms with van der Waals surface area (Å²) in [7, 11) is 0. The van der Waals surface area contributed by atoms with Crippen molar-refractivity contribution in [2.45, 2.75) is 44.4 Å². The van der Waals surface area contributed by atoms with Gasteiger partial charge in [-0.25, -0.2) is 0 Å². The average Bonchev–Trinajstić information content (AvgIpc) is 3.02. The summed E-state index contributed by atoms with van der Waals surface area (Å²) in [6, 6.07) is 11.3. The van der Waals surface area contributed by atoms with Gasteiger partial charge in [0.2, 0.25) is 0 Å². The van der Waals surface area contributed by atoms with Crippen LogP contribution in [0.2, 0.25) is 0 Å². The molecule has 3 unspecified atom stereocenters. The van der Waals surface area contributed by atoms with Crippen LogP contribution < -0.4 is 5.32 Å². The fourth-order valence-electron chi connectivity index (χ4n) is 3.58. The van der Waals surface area contributed by atoms with Crippen molar-refractivity contribution in [1.29, 1.82) is 0 Å². The SMILES string of the molecule is CC(C1CCCO1)N1CCNC(C)(c2ccccc2)C1. The molecule has 0 amide bonds. The molecule has 110 valence electrons. The van der Waals surface area contributed by atoms with Gasteiger partial charge in [-0.05, 0) is 32.3 Å². The van der Waals surface area contributed by atoms with E-state index in [1.54, 1.807) is 0 Å². The van der Waals surface area contributed by atoms with E-state index in [0.29, 0.717) is 12.1 Å². The highest BCUT2D eigenvalue weighted by Gasteiger charge is 2.36. The van der Waals surface area contributed by atoms with Crippen LogP contribution in [-0.2, 0) is 10.3 Å². The highest BCUT2D eigenvalue weighted by Crippen LogP contribution is 2.28. The van der Waals surface area contributed by atoms with Gasteiger partial charge in [0.15, 0.2) is 0 Å². The van der Waals surface area contributed by atoms with E-state index in [4.69, 9.17) is 4.74 Å². The Morgan fingerprint density at radius 1 is 1.35 bits per heavy atom. The van der Waals surface area contributed by atoms with Gasteiger partial charge < -0.3 is 10.1 Å². The lowest BCUT2D eigenvalue weighted by molar-refractivity contribution is 0.00752. The number of piperazine rings is 1. The lowest BCUT2D eigenvalue weighted by Crippen LogP contribution is -2.60. The first-order valence-electron chi connectivity index (χ1n) is 7.85. The molecule has 1 aromatic carbocycles. The highest BCUT2D eigenvalue weighted by molar-refractivity contribution is 5.25. The van der Waals surface area contributed by atoms with Crippen LogP contribution in [0, 0.1) is 0 Å². The molecule has 1 aromatic rings. The molecule has 3 atom stereocenters. The van der Waals surface area contributed by atoms with Crippen molar-refractivity contribution in [3.8, 4) is 0 Å². The number of nitrogens with one attached hydrogen (secondary N) is 1. The lowest BCUT2D eigenvalue weighted by atomic mass is 9.88. The number of benzene rings is 1. The number of hydrogen-bond donors (Lipinski definition) is 1. The Morgan fingerprint density at radius 2 is 2.15 bits per heavy atom. The second-order valence-corrected chi connectivity index (χ2v) is 6.39. The van der Waals surface area contributed by atoms with Gasteiger partial charge >= 0.3 is 0 Å². The Labute approximate surface area is 122 Å². The maximum atomic E-state index is 5.88. The summed E-state index contributed by atoms with van der Waals surface area (Å²) in [6.45, 7) is 8.80. The highest BCUT2D eigenvalue weighted by atomic mass is 16.5. The van der Waals surface area contributed by atoms with Crippen LogP contribution in [0.1, 0.15) is 32.3 Å². The largest absolute Gasteiger partial charge is 0.377 e. The molecule has 0 radical (unpaired) electrons. The smallest absolute Gasteiger partial charge is 0.0728 e. The van der Waals surface area contributed by atoms with Crippen molar-refractivity contribution < 1.29 is 4.74 Å². The van der Waals surface area contributed by atoms with E-state index in [1.165, 1.54) is 18.4 Å². The van der Waals surface area contributed by atoms with Gasteiger partial charge in [0.1, 0.15) is 0 Å². The quantitative estimate of drug-likeness (QED) is 0.916. The molecule has 2 heterocycles. The van der Waals surface area contributed by atoms with Crippen molar-refractivity contribution in [2.75, 3.05) is 26.2 Å². The first-order chi connectivity index (χ1) is 9.69. The zero-order chi connectivity index (χ0) is 14.0. The monoisotopic (exact) mass is 274 g/mol. The van der Waals surface area contributed by atoms with Gasteiger partial charge in [-0.1, -0.05) is 30.3 Å². The molecule has 0 saturated carbocycles. The molecule has 2 saturated heterocycles. The molecule has 0 aromatic heterocycles. The molecular formula is C17H26N2O. The molecule has 3 rings (SSSR count). The van der Waals surface area contributed by atoms with Gasteiger partial charge in [0.25, 0.3) is 0 Å². The molecule has 3 heteroatoms. The summed E-state index contributed by atoms with van der Waals surface area (Å²) >= 11 is 0. The first kappa shape index (κ1) is 14.1. The molecule has 3 nitrogen and oxygen atoms in total. The van der Waals surface area contributed by atoms with E-state index >= 15 is 0 Å². The zero-order valence-corrected chi connectivity index (χ0v) is 12.6. The van der Waals surface area contributed by atoms with Crippen LogP contribution in [0.5, 0.6) is 0 Å². The van der Waals surface area contributed by atoms with Crippen LogP contribution in [0.25, 0.3) is 0 Å². The Balaban J connectivity index is 1.72. The normalized spacial score (nSPS) is 33.2. The van der Waals surface area contributed by atoms with Crippen molar-refractivity contribution in [1.82, 2.24) is 10.2 Å². The minimum atomic E-state index is 0.0480. The lowest BCUT2D eigenvalue weighted by Gasteiger charge is -2.45. The Bertz CT molecular complexity index is 430. The predicted molar refractivity (Wildman–Crippen MR) is 81.8 cm³/mol. The van der Waals surface area contributed by atoms with Gasteiger partial charge in [0.05, 0.1) is 11.6 Å². The number of nitrogens with zero attached hydrogens (tertiary/aromatic N) is 1. The predicted octanol–water partition coefficient (Wildman–Crippen LogP) is 2.37. The fourth-order valence-corrected chi connectivity index (χ4v) is 3.58. The van der Waals surface area contributed by atoms with E-state index < -0.39 is 0 Å². The first-order valence-corrected chi connectivity index (χ1v) is 7.85. The van der Waals surface area contributed by atoms with Crippen molar-refractivity contribution in [2.24, 2.45) is 0 Å². The van der Waals surface area contributed by atoms with Crippen molar-refractivity contribution in [3.63, 3.8) is 0 Å². The van der Waals surface area contributed by atoms with Gasteiger partial charge in [-0.2, -0.15) is 0 Å². The third kappa shape index (κ3) is 2.76. The topological polar surface area (TPSA) is 24.5 Å². The number of hydrogen-bond acceptors (Lipinski definition) is 3. The van der Waals surface area contributed by atoms with E-state index in [1.807, 2.05) is 0 Å². The Kier molecular flexibility index (Phi) is 4.11. The molecule has 2 fully saturated rings. The van der Waals surface area contributed by atoms with Crippen LogP contribution >= 0.6 is 0 Å². The summed E-state index contributed by atoms with van der Waals surface area (Å²) < 4.78 is 5.88. The minimum absolute atomic E-state index is 0.0480. The number of rotatable bonds is 3. The van der Waals surface area contributed by atoms with Crippen LogP contribution in [0.15, 0.2) is 30.3 Å². The Morgan fingerprint density at radius 3 is 2.85 bits per heavy atom. The molecule has 2 aliphatic heterocycles. The molecule has 20 heavy (non-hydrogen) atoms. The second-order valence-electron chi connectivity index (χ2n) is 6.39. The zero-order valence-electron chi connectivity index (χ0n) is 12.6. The fraction of sp³-hybridized carbons (Fsp3) is 0.647. The molecule has 0 aliphatic carbocycles. The summed E-state index contributed by atoms with van der Waals surface area (Å²) in [5.74, 6) is 0. The summed E-state index contributed by atoms with van der Waals surface area (Å²) in [5.41, 5.74) is 1.43.